The second-order valence-electron chi connectivity index (χ2n) is 7.56. The van der Waals surface area contributed by atoms with Gasteiger partial charge >= 0.3 is 5.97 Å². The molecule has 1 aliphatic heterocycles. The second-order valence-corrected chi connectivity index (χ2v) is 7.56. The van der Waals surface area contributed by atoms with Gasteiger partial charge in [0.05, 0.1) is 12.9 Å². The number of carboxylic acids is 1. The minimum absolute atomic E-state index is 0.208. The van der Waals surface area contributed by atoms with Crippen molar-refractivity contribution in [1.82, 2.24) is 0 Å². The zero-order chi connectivity index (χ0) is 19.0. The van der Waals surface area contributed by atoms with Crippen molar-refractivity contribution >= 4 is 5.97 Å². The SMILES string of the molecule is CC(C)(C)C(OCC=CCC(OC1CCCCO1)c1ccco1)C(=O)O. The number of furan rings is 1. The van der Waals surface area contributed by atoms with Gasteiger partial charge in [-0.1, -0.05) is 32.9 Å². The lowest BCUT2D eigenvalue weighted by atomic mass is 9.89. The third kappa shape index (κ3) is 6.59. The van der Waals surface area contributed by atoms with E-state index in [0.29, 0.717) is 6.42 Å². The quantitative estimate of drug-likeness (QED) is 0.656. The summed E-state index contributed by atoms with van der Waals surface area (Å²) >= 11 is 0. The number of aliphatic carboxylic acids is 1. The maximum atomic E-state index is 11.3. The van der Waals surface area contributed by atoms with Crippen molar-refractivity contribution in [3.63, 3.8) is 0 Å². The fourth-order valence-corrected chi connectivity index (χ4v) is 2.85. The predicted octanol–water partition coefficient (Wildman–Crippen LogP) is 4.33. The maximum Gasteiger partial charge on any atom is 0.333 e. The van der Waals surface area contributed by atoms with Gasteiger partial charge in [0, 0.05) is 6.61 Å². The van der Waals surface area contributed by atoms with Gasteiger partial charge in [0.25, 0.3) is 0 Å². The van der Waals surface area contributed by atoms with Crippen LogP contribution in [0.5, 0.6) is 0 Å². The van der Waals surface area contributed by atoms with Crippen LogP contribution in [0.25, 0.3) is 0 Å². The molecular formula is C20H30O6. The van der Waals surface area contributed by atoms with E-state index >= 15 is 0 Å². The Kier molecular flexibility index (Phi) is 7.87. The molecule has 6 heteroatoms. The molecule has 1 aromatic heterocycles. The summed E-state index contributed by atoms with van der Waals surface area (Å²) in [4.78, 5) is 11.3. The molecule has 0 aromatic carbocycles. The van der Waals surface area contributed by atoms with Crippen LogP contribution in [0.15, 0.2) is 35.0 Å². The number of carbonyl (C=O) groups is 1. The van der Waals surface area contributed by atoms with Crippen LogP contribution in [0, 0.1) is 5.41 Å². The number of hydrogen-bond acceptors (Lipinski definition) is 5. The van der Waals surface area contributed by atoms with Crippen LogP contribution in [-0.2, 0) is 19.0 Å². The third-order valence-corrected chi connectivity index (χ3v) is 4.20. The third-order valence-electron chi connectivity index (χ3n) is 4.20. The van der Waals surface area contributed by atoms with Gasteiger partial charge in [-0.2, -0.15) is 0 Å². The van der Waals surface area contributed by atoms with Crippen molar-refractivity contribution in [1.29, 1.82) is 0 Å². The highest BCUT2D eigenvalue weighted by Gasteiger charge is 2.31. The van der Waals surface area contributed by atoms with Gasteiger partial charge in [-0.05, 0) is 43.2 Å². The van der Waals surface area contributed by atoms with Gasteiger partial charge in [0.2, 0.25) is 0 Å². The van der Waals surface area contributed by atoms with E-state index in [1.54, 1.807) is 6.26 Å². The maximum absolute atomic E-state index is 11.3. The van der Waals surface area contributed by atoms with E-state index in [2.05, 4.69) is 0 Å². The Morgan fingerprint density at radius 2 is 2.19 bits per heavy atom. The largest absolute Gasteiger partial charge is 0.479 e. The monoisotopic (exact) mass is 366 g/mol. The Morgan fingerprint density at radius 1 is 1.38 bits per heavy atom. The molecule has 1 fully saturated rings. The summed E-state index contributed by atoms with van der Waals surface area (Å²) in [6, 6.07) is 3.72. The topological polar surface area (TPSA) is 78.1 Å². The van der Waals surface area contributed by atoms with Crippen molar-refractivity contribution in [3.8, 4) is 0 Å². The molecule has 2 rings (SSSR count). The Balaban J connectivity index is 1.86. The molecule has 0 aliphatic carbocycles. The van der Waals surface area contributed by atoms with E-state index in [4.69, 9.17) is 18.6 Å². The lowest BCUT2D eigenvalue weighted by molar-refractivity contribution is -0.192. The van der Waals surface area contributed by atoms with Gasteiger partial charge in [0.1, 0.15) is 11.9 Å². The molecule has 1 aromatic rings. The average Bonchev–Trinajstić information content (AvgIpc) is 3.10. The molecule has 6 nitrogen and oxygen atoms in total. The molecule has 0 spiro atoms. The molecule has 0 saturated carbocycles. The molecule has 3 atom stereocenters. The lowest BCUT2D eigenvalue weighted by Crippen LogP contribution is -2.36. The highest BCUT2D eigenvalue weighted by Crippen LogP contribution is 2.27. The number of carboxylic acid groups (broad SMARTS) is 1. The smallest absolute Gasteiger partial charge is 0.333 e. The fourth-order valence-electron chi connectivity index (χ4n) is 2.85. The van der Waals surface area contributed by atoms with E-state index in [0.717, 1.165) is 31.6 Å². The predicted molar refractivity (Wildman–Crippen MR) is 96.7 cm³/mol. The van der Waals surface area contributed by atoms with Gasteiger partial charge < -0.3 is 23.7 Å². The zero-order valence-corrected chi connectivity index (χ0v) is 15.8. The van der Waals surface area contributed by atoms with E-state index in [-0.39, 0.29) is 19.0 Å². The second kappa shape index (κ2) is 9.90. The standard InChI is InChI=1S/C20H30O6/c1-20(2,3)18(19(21)22)25-13-6-4-9-16(15-10-8-14-23-15)26-17-11-5-7-12-24-17/h4,6,8,10,14,16-18H,5,7,9,11-13H2,1-3H3,(H,21,22). The Bertz CT molecular complexity index is 551. The Hall–Kier alpha value is -1.63. The first kappa shape index (κ1) is 20.7. The van der Waals surface area contributed by atoms with E-state index < -0.39 is 17.5 Å². The normalized spacial score (nSPS) is 21.0. The minimum Gasteiger partial charge on any atom is -0.479 e. The van der Waals surface area contributed by atoms with E-state index in [1.807, 2.05) is 45.1 Å². The summed E-state index contributed by atoms with van der Waals surface area (Å²) in [5.41, 5.74) is -0.461. The highest BCUT2D eigenvalue weighted by atomic mass is 16.7. The Morgan fingerprint density at radius 3 is 2.77 bits per heavy atom. The lowest BCUT2D eigenvalue weighted by Gasteiger charge is -2.27. The van der Waals surface area contributed by atoms with Crippen molar-refractivity contribution in [2.45, 2.75) is 65.0 Å². The summed E-state index contributed by atoms with van der Waals surface area (Å²) in [7, 11) is 0. The Labute approximate surface area is 155 Å². The number of rotatable bonds is 9. The van der Waals surface area contributed by atoms with Gasteiger partial charge in [-0.3, -0.25) is 0 Å². The van der Waals surface area contributed by atoms with Crippen molar-refractivity contribution < 1.29 is 28.5 Å². The van der Waals surface area contributed by atoms with Crippen LogP contribution in [0.1, 0.15) is 58.3 Å². The molecule has 3 unspecified atom stereocenters. The van der Waals surface area contributed by atoms with Crippen LogP contribution in [0.4, 0.5) is 0 Å². The van der Waals surface area contributed by atoms with Crippen molar-refractivity contribution in [3.05, 3.63) is 36.3 Å². The molecule has 146 valence electrons. The molecule has 1 N–H and O–H groups in total. The summed E-state index contributed by atoms with van der Waals surface area (Å²) < 4.78 is 22.7. The molecule has 1 aliphatic rings. The van der Waals surface area contributed by atoms with Crippen LogP contribution in [0.2, 0.25) is 0 Å². The summed E-state index contributed by atoms with van der Waals surface area (Å²) in [6.45, 7) is 6.50. The first-order valence-electron chi connectivity index (χ1n) is 9.18. The molecule has 26 heavy (non-hydrogen) atoms. The zero-order valence-electron chi connectivity index (χ0n) is 15.8. The fraction of sp³-hybridized carbons (Fsp3) is 0.650. The van der Waals surface area contributed by atoms with Gasteiger partial charge in [-0.25, -0.2) is 4.79 Å². The summed E-state index contributed by atoms with van der Waals surface area (Å²) in [5, 5.41) is 9.27. The van der Waals surface area contributed by atoms with Crippen molar-refractivity contribution in [2.24, 2.45) is 5.41 Å². The summed E-state index contributed by atoms with van der Waals surface area (Å²) in [5.74, 6) is -0.194. The molecular weight excluding hydrogens is 336 g/mol. The van der Waals surface area contributed by atoms with Gasteiger partial charge in [0.15, 0.2) is 12.4 Å². The molecule has 0 amide bonds. The van der Waals surface area contributed by atoms with Crippen LogP contribution in [0.3, 0.4) is 0 Å². The highest BCUT2D eigenvalue weighted by molar-refractivity contribution is 5.73. The van der Waals surface area contributed by atoms with Gasteiger partial charge in [-0.15, -0.1) is 0 Å². The molecule has 0 radical (unpaired) electrons. The number of hydrogen-bond donors (Lipinski definition) is 1. The van der Waals surface area contributed by atoms with E-state index in [1.165, 1.54) is 0 Å². The van der Waals surface area contributed by atoms with Crippen molar-refractivity contribution in [2.75, 3.05) is 13.2 Å². The average molecular weight is 366 g/mol. The van der Waals surface area contributed by atoms with Crippen LogP contribution >= 0.6 is 0 Å². The van der Waals surface area contributed by atoms with E-state index in [9.17, 15) is 9.90 Å². The molecule has 1 saturated heterocycles. The molecule has 2 heterocycles. The first-order valence-corrected chi connectivity index (χ1v) is 9.18. The number of ether oxygens (including phenoxy) is 3. The summed E-state index contributed by atoms with van der Waals surface area (Å²) in [6.07, 6.45) is 7.74. The first-order chi connectivity index (χ1) is 12.4. The van der Waals surface area contributed by atoms with Crippen LogP contribution < -0.4 is 0 Å². The minimum atomic E-state index is -0.947. The van der Waals surface area contributed by atoms with Crippen LogP contribution in [-0.4, -0.2) is 36.7 Å². The molecule has 0 bridgehead atoms.